The molecule has 1 saturated carbocycles. The van der Waals surface area contributed by atoms with Gasteiger partial charge in [-0.2, -0.15) is 0 Å². The number of nitrogens with zero attached hydrogens (tertiary/aromatic N) is 2. The number of aromatic nitrogens is 2. The minimum absolute atomic E-state index is 0.0227. The average Bonchev–Trinajstić information content (AvgIpc) is 3.40. The number of hydrogen-bond donors (Lipinski definition) is 2. The number of fused-ring (bicyclic) bond motifs is 1. The van der Waals surface area contributed by atoms with Crippen LogP contribution in [0.2, 0.25) is 0 Å². The highest BCUT2D eigenvalue weighted by molar-refractivity contribution is 8.01. The Bertz CT molecular complexity index is 838. The zero-order chi connectivity index (χ0) is 19.5. The summed E-state index contributed by atoms with van der Waals surface area (Å²) in [6.45, 7) is 5.30. The van der Waals surface area contributed by atoms with Crippen LogP contribution < -0.4 is 20.1 Å². The van der Waals surface area contributed by atoms with Gasteiger partial charge >= 0.3 is 0 Å². The molecular formula is C19H24N4O3S2. The lowest BCUT2D eigenvalue weighted by atomic mass is 9.95. The number of thioether (sulfide) groups is 1. The van der Waals surface area contributed by atoms with Gasteiger partial charge in [0.2, 0.25) is 11.0 Å². The molecule has 9 heteroatoms. The van der Waals surface area contributed by atoms with Crippen molar-refractivity contribution in [3.63, 3.8) is 0 Å². The molecule has 4 rings (SSSR count). The lowest BCUT2D eigenvalue weighted by Gasteiger charge is -2.25. The van der Waals surface area contributed by atoms with Gasteiger partial charge in [0.1, 0.15) is 13.2 Å². The Balaban J connectivity index is 1.34. The number of amides is 1. The summed E-state index contributed by atoms with van der Waals surface area (Å²) < 4.78 is 12.1. The minimum atomic E-state index is -0.0922. The van der Waals surface area contributed by atoms with Crippen molar-refractivity contribution < 1.29 is 14.3 Å². The van der Waals surface area contributed by atoms with Crippen molar-refractivity contribution in [3.8, 4) is 11.5 Å². The van der Waals surface area contributed by atoms with E-state index in [9.17, 15) is 4.79 Å². The summed E-state index contributed by atoms with van der Waals surface area (Å²) in [6, 6.07) is 6.33. The lowest BCUT2D eigenvalue weighted by Crippen LogP contribution is -2.33. The van der Waals surface area contributed by atoms with E-state index in [0.717, 1.165) is 26.5 Å². The van der Waals surface area contributed by atoms with Crippen molar-refractivity contribution in [3.05, 3.63) is 23.8 Å². The van der Waals surface area contributed by atoms with Crippen LogP contribution in [0.25, 0.3) is 0 Å². The number of rotatable bonds is 8. The fraction of sp³-hybridized carbons (Fsp3) is 0.526. The Morgan fingerprint density at radius 2 is 2.04 bits per heavy atom. The van der Waals surface area contributed by atoms with Gasteiger partial charge in [-0.1, -0.05) is 43.0 Å². The second-order valence-electron chi connectivity index (χ2n) is 7.27. The molecule has 0 bridgehead atoms. The van der Waals surface area contributed by atoms with Crippen molar-refractivity contribution in [2.24, 2.45) is 5.92 Å². The molecule has 0 saturated heterocycles. The molecule has 1 unspecified atom stereocenters. The van der Waals surface area contributed by atoms with Crippen molar-refractivity contribution in [1.29, 1.82) is 0 Å². The van der Waals surface area contributed by atoms with Gasteiger partial charge in [-0.05, 0) is 36.5 Å². The summed E-state index contributed by atoms with van der Waals surface area (Å²) in [5.74, 6) is 2.03. The van der Waals surface area contributed by atoms with Gasteiger partial charge in [0.05, 0.1) is 11.8 Å². The fourth-order valence-electron chi connectivity index (χ4n) is 2.96. The van der Waals surface area contributed by atoms with Crippen molar-refractivity contribution in [1.82, 2.24) is 15.5 Å². The van der Waals surface area contributed by atoms with Gasteiger partial charge in [0, 0.05) is 6.04 Å². The zero-order valence-electron chi connectivity index (χ0n) is 15.9. The number of benzene rings is 1. The summed E-state index contributed by atoms with van der Waals surface area (Å²) >= 11 is 2.92. The summed E-state index contributed by atoms with van der Waals surface area (Å²) in [5, 5.41) is 15.6. The Hall–Kier alpha value is -2.00. The summed E-state index contributed by atoms with van der Waals surface area (Å²) in [7, 11) is 0. The molecule has 0 spiro atoms. The van der Waals surface area contributed by atoms with Crippen LogP contribution in [0.5, 0.6) is 11.5 Å². The molecule has 28 heavy (non-hydrogen) atoms. The van der Waals surface area contributed by atoms with Crippen LogP contribution in [0.15, 0.2) is 22.5 Å². The molecule has 1 atom stereocenters. The Morgan fingerprint density at radius 3 is 2.79 bits per heavy atom. The highest BCUT2D eigenvalue weighted by atomic mass is 32.2. The average molecular weight is 421 g/mol. The maximum Gasteiger partial charge on any atom is 0.230 e. The number of hydrogen-bond acceptors (Lipinski definition) is 8. The first kappa shape index (κ1) is 19.3. The van der Waals surface area contributed by atoms with Crippen LogP contribution >= 0.6 is 23.1 Å². The molecule has 0 radical (unpaired) electrons. The highest BCUT2D eigenvalue weighted by Gasteiger charge is 2.23. The van der Waals surface area contributed by atoms with Gasteiger partial charge in [-0.15, -0.1) is 10.2 Å². The van der Waals surface area contributed by atoms with E-state index < -0.39 is 0 Å². The quantitative estimate of drug-likeness (QED) is 0.632. The first-order chi connectivity index (χ1) is 13.6. The first-order valence-electron chi connectivity index (χ1n) is 9.50. The largest absolute Gasteiger partial charge is 0.486 e. The van der Waals surface area contributed by atoms with Gasteiger partial charge in [0.15, 0.2) is 15.8 Å². The van der Waals surface area contributed by atoms with Crippen molar-refractivity contribution in [2.75, 3.05) is 24.3 Å². The Morgan fingerprint density at radius 1 is 1.25 bits per heavy atom. The molecule has 150 valence electrons. The van der Waals surface area contributed by atoms with Crippen LogP contribution in [0, 0.1) is 5.92 Å². The molecule has 2 aromatic rings. The van der Waals surface area contributed by atoms with Crippen molar-refractivity contribution >= 4 is 34.1 Å². The smallest absolute Gasteiger partial charge is 0.230 e. The van der Waals surface area contributed by atoms with E-state index in [1.165, 1.54) is 35.9 Å². The molecule has 2 heterocycles. The van der Waals surface area contributed by atoms with Gasteiger partial charge < -0.3 is 20.1 Å². The molecule has 1 aromatic carbocycles. The SMILES string of the molecule is CC(C)C(NC(=O)CSc1nnc(NC2CC2)s1)c1ccc2c(c1)OCCO2. The molecule has 2 N–H and O–H groups in total. The molecule has 1 amide bonds. The standard InChI is InChI=1S/C19H24N4O3S2/c1-11(2)17(12-3-6-14-15(9-12)26-8-7-25-14)21-16(24)10-27-19-23-22-18(28-19)20-13-4-5-13/h3,6,9,11,13,17H,4-5,7-8,10H2,1-2H3,(H,20,22)(H,21,24). The number of ether oxygens (including phenoxy) is 2. The topological polar surface area (TPSA) is 85.4 Å². The second kappa shape index (κ2) is 8.57. The number of carbonyl (C=O) groups excluding carboxylic acids is 1. The van der Waals surface area contributed by atoms with Gasteiger partial charge in [0.25, 0.3) is 0 Å². The predicted octanol–water partition coefficient (Wildman–Crippen LogP) is 3.49. The minimum Gasteiger partial charge on any atom is -0.486 e. The Kier molecular flexibility index (Phi) is 5.91. The van der Waals surface area contributed by atoms with E-state index in [1.807, 2.05) is 18.2 Å². The van der Waals surface area contributed by atoms with E-state index in [0.29, 0.717) is 25.0 Å². The summed E-state index contributed by atoms with van der Waals surface area (Å²) in [5.41, 5.74) is 1.02. The van der Waals surface area contributed by atoms with Gasteiger partial charge in [-0.25, -0.2) is 0 Å². The van der Waals surface area contributed by atoms with E-state index in [-0.39, 0.29) is 17.9 Å². The van der Waals surface area contributed by atoms with Crippen LogP contribution in [-0.2, 0) is 4.79 Å². The third kappa shape index (κ3) is 4.88. The molecule has 1 fully saturated rings. The fourth-order valence-corrected chi connectivity index (χ4v) is 4.60. The second-order valence-corrected chi connectivity index (χ2v) is 9.47. The first-order valence-corrected chi connectivity index (χ1v) is 11.3. The molecule has 1 aliphatic carbocycles. The number of nitrogens with one attached hydrogen (secondary N) is 2. The third-order valence-corrected chi connectivity index (χ3v) is 6.53. The van der Waals surface area contributed by atoms with E-state index in [1.54, 1.807) is 0 Å². The normalized spacial score (nSPS) is 16.7. The van der Waals surface area contributed by atoms with Crippen LogP contribution in [0.3, 0.4) is 0 Å². The monoisotopic (exact) mass is 420 g/mol. The van der Waals surface area contributed by atoms with E-state index in [4.69, 9.17) is 9.47 Å². The molecular weight excluding hydrogens is 396 g/mol. The number of carbonyl (C=O) groups is 1. The summed E-state index contributed by atoms with van der Waals surface area (Å²) in [6.07, 6.45) is 2.39. The zero-order valence-corrected chi connectivity index (χ0v) is 17.6. The van der Waals surface area contributed by atoms with Gasteiger partial charge in [-0.3, -0.25) is 4.79 Å². The van der Waals surface area contributed by atoms with Crippen LogP contribution in [0.4, 0.5) is 5.13 Å². The van der Waals surface area contributed by atoms with Crippen LogP contribution in [-0.4, -0.2) is 41.1 Å². The molecule has 1 aromatic heterocycles. The molecule has 7 nitrogen and oxygen atoms in total. The molecule has 2 aliphatic rings. The maximum absolute atomic E-state index is 12.5. The van der Waals surface area contributed by atoms with Crippen molar-refractivity contribution in [2.45, 2.75) is 43.1 Å². The molecule has 1 aliphatic heterocycles. The van der Waals surface area contributed by atoms with E-state index in [2.05, 4.69) is 34.7 Å². The summed E-state index contributed by atoms with van der Waals surface area (Å²) in [4.78, 5) is 12.5. The third-order valence-electron chi connectivity index (χ3n) is 4.55. The predicted molar refractivity (Wildman–Crippen MR) is 110 cm³/mol. The Labute approximate surface area is 172 Å². The van der Waals surface area contributed by atoms with Crippen LogP contribution in [0.1, 0.15) is 38.3 Å². The number of anilines is 1. The maximum atomic E-state index is 12.5. The highest BCUT2D eigenvalue weighted by Crippen LogP contribution is 2.35. The lowest BCUT2D eigenvalue weighted by molar-refractivity contribution is -0.119. The van der Waals surface area contributed by atoms with E-state index >= 15 is 0 Å².